The molecule has 0 atom stereocenters. The molecule has 0 radical (unpaired) electrons. The van der Waals surface area contributed by atoms with Gasteiger partial charge in [0.15, 0.2) is 11.5 Å². The number of nitrogens with one attached hydrogen (secondary N) is 2. The SMILES string of the molecule is COc1ccc(N2CCN(C(=O)Nc3ccc(NC(C)=O)cc3)CC2)cc1OC. The van der Waals surface area contributed by atoms with Crippen LogP contribution in [0.4, 0.5) is 21.9 Å². The maximum absolute atomic E-state index is 12.5. The summed E-state index contributed by atoms with van der Waals surface area (Å²) in [4.78, 5) is 27.6. The van der Waals surface area contributed by atoms with E-state index in [1.165, 1.54) is 6.92 Å². The second-order valence-corrected chi connectivity index (χ2v) is 6.70. The molecular formula is C21H26N4O4. The van der Waals surface area contributed by atoms with Crippen molar-refractivity contribution in [3.63, 3.8) is 0 Å². The van der Waals surface area contributed by atoms with Crippen LogP contribution < -0.4 is 25.0 Å². The number of benzene rings is 2. The standard InChI is InChI=1S/C21H26N4O4/c1-15(26)22-16-4-6-17(7-5-16)23-21(27)25-12-10-24(11-13-25)18-8-9-19(28-2)20(14-18)29-3/h4-9,14H,10-13H2,1-3H3,(H,22,26)(H,23,27). The van der Waals surface area contributed by atoms with Crippen molar-refractivity contribution in [1.82, 2.24) is 4.90 Å². The van der Waals surface area contributed by atoms with E-state index >= 15 is 0 Å². The summed E-state index contributed by atoms with van der Waals surface area (Å²) >= 11 is 0. The van der Waals surface area contributed by atoms with Crippen molar-refractivity contribution in [2.75, 3.05) is 55.9 Å². The summed E-state index contributed by atoms with van der Waals surface area (Å²) in [7, 11) is 3.23. The van der Waals surface area contributed by atoms with Gasteiger partial charge in [-0.25, -0.2) is 4.79 Å². The molecule has 0 aliphatic carbocycles. The van der Waals surface area contributed by atoms with Crippen molar-refractivity contribution in [1.29, 1.82) is 0 Å². The second-order valence-electron chi connectivity index (χ2n) is 6.70. The third-order valence-corrected chi connectivity index (χ3v) is 4.76. The molecule has 0 saturated carbocycles. The molecule has 3 rings (SSSR count). The van der Waals surface area contributed by atoms with Crippen LogP contribution in [-0.2, 0) is 4.79 Å². The molecule has 3 amide bonds. The van der Waals surface area contributed by atoms with E-state index in [0.717, 1.165) is 18.8 Å². The van der Waals surface area contributed by atoms with Gasteiger partial charge in [-0.2, -0.15) is 0 Å². The molecule has 2 aromatic rings. The Labute approximate surface area is 170 Å². The molecule has 1 saturated heterocycles. The number of hydrogen-bond donors (Lipinski definition) is 2. The van der Waals surface area contributed by atoms with Gasteiger partial charge in [0, 0.05) is 56.2 Å². The first-order valence-corrected chi connectivity index (χ1v) is 9.40. The number of carbonyl (C=O) groups is 2. The lowest BCUT2D eigenvalue weighted by Gasteiger charge is -2.36. The highest BCUT2D eigenvalue weighted by Crippen LogP contribution is 2.31. The summed E-state index contributed by atoms with van der Waals surface area (Å²) in [6, 6.07) is 12.7. The Morgan fingerprint density at radius 2 is 1.41 bits per heavy atom. The molecule has 29 heavy (non-hydrogen) atoms. The highest BCUT2D eigenvalue weighted by atomic mass is 16.5. The Hall–Kier alpha value is -3.42. The molecule has 0 unspecified atom stereocenters. The maximum atomic E-state index is 12.5. The quantitative estimate of drug-likeness (QED) is 0.809. The van der Waals surface area contributed by atoms with E-state index in [9.17, 15) is 9.59 Å². The fourth-order valence-corrected chi connectivity index (χ4v) is 3.23. The average Bonchev–Trinajstić information content (AvgIpc) is 2.74. The lowest BCUT2D eigenvalue weighted by Crippen LogP contribution is -2.50. The predicted molar refractivity (Wildman–Crippen MR) is 113 cm³/mol. The summed E-state index contributed by atoms with van der Waals surface area (Å²) in [5.41, 5.74) is 2.42. The van der Waals surface area contributed by atoms with Gasteiger partial charge in [0.2, 0.25) is 5.91 Å². The Kier molecular flexibility index (Phi) is 6.43. The summed E-state index contributed by atoms with van der Waals surface area (Å²) in [5, 5.41) is 5.60. The van der Waals surface area contributed by atoms with Gasteiger partial charge < -0.3 is 29.9 Å². The van der Waals surface area contributed by atoms with Crippen LogP contribution in [0.1, 0.15) is 6.92 Å². The third-order valence-electron chi connectivity index (χ3n) is 4.76. The average molecular weight is 398 g/mol. The zero-order chi connectivity index (χ0) is 20.8. The number of methoxy groups -OCH3 is 2. The minimum absolute atomic E-state index is 0.130. The minimum atomic E-state index is -0.135. The van der Waals surface area contributed by atoms with Crippen LogP contribution in [0.2, 0.25) is 0 Å². The molecule has 1 heterocycles. The van der Waals surface area contributed by atoms with E-state index < -0.39 is 0 Å². The predicted octanol–water partition coefficient (Wildman–Crippen LogP) is 3.02. The number of anilines is 3. The molecular weight excluding hydrogens is 372 g/mol. The number of nitrogens with zero attached hydrogens (tertiary/aromatic N) is 2. The highest BCUT2D eigenvalue weighted by Gasteiger charge is 2.22. The van der Waals surface area contributed by atoms with Gasteiger partial charge in [-0.15, -0.1) is 0 Å². The number of amides is 3. The van der Waals surface area contributed by atoms with E-state index in [2.05, 4.69) is 15.5 Å². The monoisotopic (exact) mass is 398 g/mol. The van der Waals surface area contributed by atoms with Crippen molar-refractivity contribution in [2.45, 2.75) is 6.92 Å². The molecule has 0 aromatic heterocycles. The fraction of sp³-hybridized carbons (Fsp3) is 0.333. The Morgan fingerprint density at radius 1 is 0.828 bits per heavy atom. The van der Waals surface area contributed by atoms with Crippen LogP contribution in [0.5, 0.6) is 11.5 Å². The molecule has 154 valence electrons. The lowest BCUT2D eigenvalue weighted by molar-refractivity contribution is -0.114. The van der Waals surface area contributed by atoms with Gasteiger partial charge in [-0.3, -0.25) is 4.79 Å². The van der Waals surface area contributed by atoms with E-state index in [0.29, 0.717) is 36.0 Å². The fourth-order valence-electron chi connectivity index (χ4n) is 3.23. The summed E-state index contributed by atoms with van der Waals surface area (Å²) in [5.74, 6) is 1.25. The van der Waals surface area contributed by atoms with Gasteiger partial charge in [0.05, 0.1) is 14.2 Å². The van der Waals surface area contributed by atoms with Gasteiger partial charge in [-0.1, -0.05) is 0 Å². The number of carbonyl (C=O) groups excluding carboxylic acids is 2. The van der Waals surface area contributed by atoms with Crippen molar-refractivity contribution in [3.8, 4) is 11.5 Å². The summed E-state index contributed by atoms with van der Waals surface area (Å²) in [6.45, 7) is 4.14. The molecule has 0 bridgehead atoms. The van der Waals surface area contributed by atoms with Gasteiger partial charge >= 0.3 is 6.03 Å². The van der Waals surface area contributed by atoms with Crippen LogP contribution in [0.15, 0.2) is 42.5 Å². The number of rotatable bonds is 5. The topological polar surface area (TPSA) is 83.1 Å². The molecule has 1 aliphatic rings. The van der Waals surface area contributed by atoms with Crippen molar-refractivity contribution < 1.29 is 19.1 Å². The van der Waals surface area contributed by atoms with Crippen LogP contribution >= 0.6 is 0 Å². The van der Waals surface area contributed by atoms with Crippen LogP contribution in [0.25, 0.3) is 0 Å². The van der Waals surface area contributed by atoms with Gasteiger partial charge in [-0.05, 0) is 36.4 Å². The van der Waals surface area contributed by atoms with Gasteiger partial charge in [0.1, 0.15) is 0 Å². The van der Waals surface area contributed by atoms with Crippen molar-refractivity contribution >= 4 is 29.0 Å². The lowest BCUT2D eigenvalue weighted by atomic mass is 10.2. The number of hydrogen-bond acceptors (Lipinski definition) is 5. The smallest absolute Gasteiger partial charge is 0.321 e. The van der Waals surface area contributed by atoms with Crippen LogP contribution in [0, 0.1) is 0 Å². The number of piperazine rings is 1. The summed E-state index contributed by atoms with van der Waals surface area (Å²) in [6.07, 6.45) is 0. The summed E-state index contributed by atoms with van der Waals surface area (Å²) < 4.78 is 10.7. The highest BCUT2D eigenvalue weighted by molar-refractivity contribution is 5.91. The van der Waals surface area contributed by atoms with Crippen molar-refractivity contribution in [2.24, 2.45) is 0 Å². The molecule has 1 aliphatic heterocycles. The first-order chi connectivity index (χ1) is 14.0. The third kappa shape index (κ3) is 5.10. The molecule has 8 nitrogen and oxygen atoms in total. The Morgan fingerprint density at radius 3 is 1.97 bits per heavy atom. The maximum Gasteiger partial charge on any atom is 0.321 e. The van der Waals surface area contributed by atoms with Crippen LogP contribution in [0.3, 0.4) is 0 Å². The zero-order valence-electron chi connectivity index (χ0n) is 16.9. The Bertz CT molecular complexity index is 861. The molecule has 0 spiro atoms. The van der Waals surface area contributed by atoms with E-state index in [4.69, 9.17) is 9.47 Å². The number of ether oxygens (including phenoxy) is 2. The molecule has 2 N–H and O–H groups in total. The molecule has 8 heteroatoms. The first-order valence-electron chi connectivity index (χ1n) is 9.40. The van der Waals surface area contributed by atoms with E-state index in [1.54, 1.807) is 43.4 Å². The first kappa shape index (κ1) is 20.3. The molecule has 1 fully saturated rings. The second kappa shape index (κ2) is 9.18. The van der Waals surface area contributed by atoms with E-state index in [-0.39, 0.29) is 11.9 Å². The van der Waals surface area contributed by atoms with Crippen molar-refractivity contribution in [3.05, 3.63) is 42.5 Å². The number of urea groups is 1. The zero-order valence-corrected chi connectivity index (χ0v) is 16.9. The largest absolute Gasteiger partial charge is 0.493 e. The van der Waals surface area contributed by atoms with E-state index in [1.807, 2.05) is 18.2 Å². The normalized spacial score (nSPS) is 13.6. The Balaban J connectivity index is 1.55. The van der Waals surface area contributed by atoms with Gasteiger partial charge in [0.25, 0.3) is 0 Å². The molecule has 2 aromatic carbocycles. The minimum Gasteiger partial charge on any atom is -0.493 e. The van der Waals surface area contributed by atoms with Crippen LogP contribution in [-0.4, -0.2) is 57.2 Å².